The lowest BCUT2D eigenvalue weighted by atomic mass is 10.2. The van der Waals surface area contributed by atoms with Gasteiger partial charge in [0.15, 0.2) is 6.79 Å². The van der Waals surface area contributed by atoms with Gasteiger partial charge < -0.3 is 9.47 Å². The van der Waals surface area contributed by atoms with Crippen LogP contribution in [-0.4, -0.2) is 19.4 Å². The van der Waals surface area contributed by atoms with E-state index in [-0.39, 0.29) is 12.8 Å². The second-order valence-corrected chi connectivity index (χ2v) is 3.57. The topological polar surface area (TPSA) is 35.5 Å². The van der Waals surface area contributed by atoms with Crippen molar-refractivity contribution in [3.8, 4) is 0 Å². The molecule has 0 aliphatic rings. The number of esters is 1. The number of allylic oxidation sites excluding steroid dienone is 1. The van der Waals surface area contributed by atoms with E-state index in [0.717, 1.165) is 0 Å². The van der Waals surface area contributed by atoms with Gasteiger partial charge in [0.1, 0.15) is 0 Å². The average molecular weight is 220 g/mol. The first-order valence-corrected chi connectivity index (χ1v) is 5.13. The molecule has 1 aromatic carbocycles. The van der Waals surface area contributed by atoms with Crippen molar-refractivity contribution in [2.75, 3.05) is 13.4 Å². The van der Waals surface area contributed by atoms with Crippen molar-refractivity contribution in [1.82, 2.24) is 0 Å². The molecule has 1 rings (SSSR count). The maximum absolute atomic E-state index is 11.4. The fourth-order valence-electron chi connectivity index (χ4n) is 1.03. The summed E-state index contributed by atoms with van der Waals surface area (Å²) >= 11 is 0. The van der Waals surface area contributed by atoms with Gasteiger partial charge in [0.2, 0.25) is 0 Å². The Kier molecular flexibility index (Phi) is 5.29. The molecule has 86 valence electrons. The Morgan fingerprint density at radius 1 is 1.25 bits per heavy atom. The fourth-order valence-corrected chi connectivity index (χ4v) is 1.03. The number of hydrogen-bond acceptors (Lipinski definition) is 3. The van der Waals surface area contributed by atoms with E-state index in [9.17, 15) is 4.79 Å². The molecule has 0 saturated heterocycles. The van der Waals surface area contributed by atoms with E-state index in [1.54, 1.807) is 24.3 Å². The van der Waals surface area contributed by atoms with Gasteiger partial charge in [-0.3, -0.25) is 0 Å². The van der Waals surface area contributed by atoms with Gasteiger partial charge in [0, 0.05) is 0 Å². The molecule has 0 bridgehead atoms. The third-order valence-electron chi connectivity index (χ3n) is 1.89. The summed E-state index contributed by atoms with van der Waals surface area (Å²) in [6.45, 7) is 4.42. The Hall–Kier alpha value is -1.61. The Bertz CT molecular complexity index is 351. The maximum atomic E-state index is 11.4. The Morgan fingerprint density at radius 2 is 1.94 bits per heavy atom. The van der Waals surface area contributed by atoms with Crippen molar-refractivity contribution >= 4 is 5.97 Å². The van der Waals surface area contributed by atoms with Crippen LogP contribution >= 0.6 is 0 Å². The number of benzene rings is 1. The molecule has 0 radical (unpaired) electrons. The number of rotatable bonds is 5. The van der Waals surface area contributed by atoms with Gasteiger partial charge in [0.25, 0.3) is 0 Å². The van der Waals surface area contributed by atoms with Gasteiger partial charge in [-0.1, -0.05) is 29.8 Å². The zero-order valence-electron chi connectivity index (χ0n) is 9.60. The van der Waals surface area contributed by atoms with Crippen LogP contribution in [-0.2, 0) is 9.47 Å². The van der Waals surface area contributed by atoms with E-state index in [4.69, 9.17) is 9.47 Å². The first kappa shape index (κ1) is 12.5. The average Bonchev–Trinajstić information content (AvgIpc) is 2.29. The Balaban J connectivity index is 2.24. The first-order valence-electron chi connectivity index (χ1n) is 5.13. The maximum Gasteiger partial charge on any atom is 0.340 e. The van der Waals surface area contributed by atoms with Gasteiger partial charge in [-0.25, -0.2) is 4.79 Å². The van der Waals surface area contributed by atoms with Crippen molar-refractivity contribution in [3.05, 3.63) is 47.5 Å². The van der Waals surface area contributed by atoms with Gasteiger partial charge in [-0.15, -0.1) is 0 Å². The first-order chi connectivity index (χ1) is 7.70. The van der Waals surface area contributed by atoms with E-state index >= 15 is 0 Å². The highest BCUT2D eigenvalue weighted by atomic mass is 16.7. The van der Waals surface area contributed by atoms with Gasteiger partial charge in [-0.2, -0.15) is 0 Å². The monoisotopic (exact) mass is 220 g/mol. The third-order valence-corrected chi connectivity index (χ3v) is 1.89. The van der Waals surface area contributed by atoms with E-state index in [0.29, 0.717) is 12.2 Å². The van der Waals surface area contributed by atoms with Gasteiger partial charge in [-0.05, 0) is 26.0 Å². The Morgan fingerprint density at radius 3 is 2.56 bits per heavy atom. The molecule has 0 amide bonds. The second kappa shape index (κ2) is 6.80. The van der Waals surface area contributed by atoms with Crippen LogP contribution in [0.15, 0.2) is 42.0 Å². The van der Waals surface area contributed by atoms with Crippen LogP contribution in [0, 0.1) is 0 Å². The number of hydrogen-bond donors (Lipinski definition) is 0. The van der Waals surface area contributed by atoms with Crippen LogP contribution in [0.3, 0.4) is 0 Å². The van der Waals surface area contributed by atoms with Crippen molar-refractivity contribution in [2.45, 2.75) is 13.8 Å². The summed E-state index contributed by atoms with van der Waals surface area (Å²) in [5.74, 6) is -0.363. The third kappa shape index (κ3) is 4.75. The van der Waals surface area contributed by atoms with Crippen molar-refractivity contribution in [2.24, 2.45) is 0 Å². The molecule has 0 unspecified atom stereocenters. The molecule has 0 aliphatic carbocycles. The molecule has 0 aromatic heterocycles. The van der Waals surface area contributed by atoms with Gasteiger partial charge >= 0.3 is 5.97 Å². The minimum atomic E-state index is -0.363. The highest BCUT2D eigenvalue weighted by Gasteiger charge is 2.04. The largest absolute Gasteiger partial charge is 0.435 e. The second-order valence-electron chi connectivity index (χ2n) is 3.57. The highest BCUT2D eigenvalue weighted by molar-refractivity contribution is 5.89. The molecule has 0 heterocycles. The Labute approximate surface area is 95.7 Å². The smallest absolute Gasteiger partial charge is 0.340 e. The predicted octanol–water partition coefficient (Wildman–Crippen LogP) is 2.78. The summed E-state index contributed by atoms with van der Waals surface area (Å²) in [7, 11) is 0. The summed E-state index contributed by atoms with van der Waals surface area (Å²) in [5.41, 5.74) is 1.71. The molecule has 0 fully saturated rings. The molecule has 3 heteroatoms. The molecule has 0 N–H and O–H groups in total. The minimum Gasteiger partial charge on any atom is -0.435 e. The summed E-state index contributed by atoms with van der Waals surface area (Å²) in [4.78, 5) is 11.4. The molecule has 16 heavy (non-hydrogen) atoms. The van der Waals surface area contributed by atoms with Crippen LogP contribution in [0.1, 0.15) is 24.2 Å². The summed E-state index contributed by atoms with van der Waals surface area (Å²) < 4.78 is 10.0. The van der Waals surface area contributed by atoms with E-state index < -0.39 is 0 Å². The number of carbonyl (C=O) groups excluding carboxylic acids is 1. The van der Waals surface area contributed by atoms with Crippen molar-refractivity contribution in [1.29, 1.82) is 0 Å². The summed E-state index contributed by atoms with van der Waals surface area (Å²) in [6.07, 6.45) is 1.93. The van der Waals surface area contributed by atoms with Gasteiger partial charge in [0.05, 0.1) is 12.2 Å². The zero-order valence-corrected chi connectivity index (χ0v) is 9.60. The predicted molar refractivity (Wildman–Crippen MR) is 62.1 cm³/mol. The molecule has 0 atom stereocenters. The molecule has 0 spiro atoms. The number of carbonyl (C=O) groups is 1. The van der Waals surface area contributed by atoms with Crippen LogP contribution < -0.4 is 0 Å². The molecule has 0 aliphatic heterocycles. The minimum absolute atomic E-state index is 0.0164. The highest BCUT2D eigenvalue weighted by Crippen LogP contribution is 2.00. The summed E-state index contributed by atoms with van der Waals surface area (Å²) in [5, 5.41) is 0. The number of ether oxygens (including phenoxy) is 2. The summed E-state index contributed by atoms with van der Waals surface area (Å²) in [6, 6.07) is 8.85. The SMILES string of the molecule is CC(C)=CCOCOC(=O)c1ccccc1. The molecular weight excluding hydrogens is 204 g/mol. The van der Waals surface area contributed by atoms with Crippen molar-refractivity contribution in [3.63, 3.8) is 0 Å². The van der Waals surface area contributed by atoms with Crippen LogP contribution in [0.2, 0.25) is 0 Å². The van der Waals surface area contributed by atoms with Crippen LogP contribution in [0.5, 0.6) is 0 Å². The van der Waals surface area contributed by atoms with Crippen LogP contribution in [0.25, 0.3) is 0 Å². The molecular formula is C13H16O3. The lowest BCUT2D eigenvalue weighted by molar-refractivity contribution is -0.0230. The zero-order chi connectivity index (χ0) is 11.8. The van der Waals surface area contributed by atoms with E-state index in [1.165, 1.54) is 5.57 Å². The van der Waals surface area contributed by atoms with E-state index in [1.807, 2.05) is 26.0 Å². The van der Waals surface area contributed by atoms with E-state index in [2.05, 4.69) is 0 Å². The quantitative estimate of drug-likeness (QED) is 0.331. The normalized spacial score (nSPS) is 9.62. The molecule has 1 aromatic rings. The standard InChI is InChI=1S/C13H16O3/c1-11(2)8-9-15-10-16-13(14)12-6-4-3-5-7-12/h3-8H,9-10H2,1-2H3. The van der Waals surface area contributed by atoms with Crippen LogP contribution in [0.4, 0.5) is 0 Å². The molecule has 0 saturated carbocycles. The lowest BCUT2D eigenvalue weighted by Gasteiger charge is -2.04. The lowest BCUT2D eigenvalue weighted by Crippen LogP contribution is -2.08. The van der Waals surface area contributed by atoms with Crippen molar-refractivity contribution < 1.29 is 14.3 Å². The molecule has 3 nitrogen and oxygen atoms in total. The fraction of sp³-hybridized carbons (Fsp3) is 0.308.